The number of rotatable bonds is 7. The first kappa shape index (κ1) is 37.1. The minimum atomic E-state index is 1.12. The van der Waals surface area contributed by atoms with E-state index < -0.39 is 0 Å². The summed E-state index contributed by atoms with van der Waals surface area (Å²) in [5.74, 6) is 0. The lowest BCUT2D eigenvalue weighted by Crippen LogP contribution is -2.10. The van der Waals surface area contributed by atoms with Crippen molar-refractivity contribution in [3.05, 3.63) is 249 Å². The maximum atomic E-state index is 2.50. The van der Waals surface area contributed by atoms with Crippen LogP contribution in [0.3, 0.4) is 0 Å². The van der Waals surface area contributed by atoms with Crippen molar-refractivity contribution in [2.45, 2.75) is 0 Å². The fourth-order valence-electron chi connectivity index (χ4n) is 10.9. The molecule has 0 N–H and O–H groups in total. The van der Waals surface area contributed by atoms with Crippen LogP contribution in [0.4, 0.5) is 17.1 Å². The molecule has 0 radical (unpaired) electrons. The van der Waals surface area contributed by atoms with Crippen LogP contribution in [0, 0.1) is 0 Å². The molecule has 302 valence electrons. The molecule has 1 heteroatoms. The Bertz CT molecular complexity index is 3690. The van der Waals surface area contributed by atoms with E-state index >= 15 is 0 Å². The molecular weight excluding hydrogens is 783 g/mol. The predicted molar refractivity (Wildman–Crippen MR) is 277 cm³/mol. The third-order valence-corrected chi connectivity index (χ3v) is 13.5. The van der Waals surface area contributed by atoms with Crippen LogP contribution in [0.15, 0.2) is 249 Å². The van der Waals surface area contributed by atoms with Crippen LogP contribution in [0.2, 0.25) is 0 Å². The molecule has 0 fully saturated rings. The fourth-order valence-corrected chi connectivity index (χ4v) is 10.9. The van der Waals surface area contributed by atoms with Crippen molar-refractivity contribution in [1.29, 1.82) is 0 Å². The Labute approximate surface area is 378 Å². The third kappa shape index (κ3) is 5.79. The lowest BCUT2D eigenvalue weighted by molar-refractivity contribution is 1.30. The van der Waals surface area contributed by atoms with Crippen molar-refractivity contribution in [2.75, 3.05) is 4.90 Å². The molecule has 0 aromatic heterocycles. The van der Waals surface area contributed by atoms with Crippen LogP contribution in [-0.4, -0.2) is 0 Å². The van der Waals surface area contributed by atoms with Gasteiger partial charge in [-0.05, 0) is 141 Å². The molecule has 0 bridgehead atoms. The van der Waals surface area contributed by atoms with E-state index in [-0.39, 0.29) is 0 Å². The van der Waals surface area contributed by atoms with Gasteiger partial charge in [0, 0.05) is 16.8 Å². The lowest BCUT2D eigenvalue weighted by atomic mass is 9.81. The number of hydrogen-bond acceptors (Lipinski definition) is 1. The first-order valence-electron chi connectivity index (χ1n) is 22.5. The van der Waals surface area contributed by atoms with Gasteiger partial charge in [-0.1, -0.05) is 212 Å². The molecule has 13 rings (SSSR count). The SMILES string of the molecule is c1ccc(-c2c3c(c(-c4ccccc4)c4cc(-c5c6ccccc6c(-c6ccccc6)c6ccccc56)ccc24)-c2ccc(N(c4ccccc4)c4ccccc4)c4cccc-3c24)cc1. The fraction of sp³-hybridized carbons (Fsp3) is 0. The zero-order chi connectivity index (χ0) is 42.8. The number of fused-ring (bicyclic) bond motifs is 6. The van der Waals surface area contributed by atoms with Gasteiger partial charge in [0.15, 0.2) is 0 Å². The van der Waals surface area contributed by atoms with Crippen molar-refractivity contribution in [1.82, 2.24) is 0 Å². The smallest absolute Gasteiger partial charge is 0.0540 e. The van der Waals surface area contributed by atoms with Crippen LogP contribution >= 0.6 is 0 Å². The standard InChI is InChI=1S/C64H41N/c1-6-21-42(22-7-1)58-48-31-16-18-33-50(48)59(51-34-19-17-32-49(51)58)45-37-38-52-56(41-45)61(44-25-10-3-11-26-44)64-55-39-40-57(65(46-27-12-4-13-28-46)47-29-14-5-15-30-47)53-35-20-36-54(62(53)55)63(64)60(52)43-23-8-2-9-24-43/h1-41H. The Morgan fingerprint density at radius 3 is 1.11 bits per heavy atom. The second-order valence-electron chi connectivity index (χ2n) is 17.1. The number of nitrogens with zero attached hydrogens (tertiary/aromatic N) is 1. The molecule has 0 amide bonds. The minimum absolute atomic E-state index is 1.12. The second kappa shape index (κ2) is 15.1. The topological polar surface area (TPSA) is 3.24 Å². The van der Waals surface area contributed by atoms with Crippen molar-refractivity contribution < 1.29 is 0 Å². The third-order valence-electron chi connectivity index (χ3n) is 13.5. The Balaban J connectivity index is 1.15. The summed E-state index contributed by atoms with van der Waals surface area (Å²) in [6.07, 6.45) is 0. The van der Waals surface area contributed by atoms with Gasteiger partial charge < -0.3 is 4.90 Å². The van der Waals surface area contributed by atoms with E-state index in [0.717, 1.165) is 17.1 Å². The van der Waals surface area contributed by atoms with E-state index in [1.807, 2.05) is 0 Å². The van der Waals surface area contributed by atoms with Gasteiger partial charge in [0.05, 0.1) is 5.69 Å². The van der Waals surface area contributed by atoms with Crippen LogP contribution in [-0.2, 0) is 0 Å². The Kier molecular flexibility index (Phi) is 8.60. The molecule has 1 nitrogen and oxygen atoms in total. The van der Waals surface area contributed by atoms with E-state index in [1.165, 1.54) is 110 Å². The molecule has 0 aliphatic heterocycles. The summed E-state index contributed by atoms with van der Waals surface area (Å²) >= 11 is 0. The normalized spacial score (nSPS) is 11.7. The zero-order valence-corrected chi connectivity index (χ0v) is 35.6. The first-order valence-corrected chi connectivity index (χ1v) is 22.5. The highest BCUT2D eigenvalue weighted by molar-refractivity contribution is 6.30. The van der Waals surface area contributed by atoms with Gasteiger partial charge in [0.25, 0.3) is 0 Å². The van der Waals surface area contributed by atoms with Crippen LogP contribution in [0.5, 0.6) is 0 Å². The molecule has 0 saturated heterocycles. The number of anilines is 3. The molecule has 0 spiro atoms. The van der Waals surface area contributed by atoms with Crippen LogP contribution < -0.4 is 4.90 Å². The quantitative estimate of drug-likeness (QED) is 0.145. The zero-order valence-electron chi connectivity index (χ0n) is 35.6. The number of hydrogen-bond donors (Lipinski definition) is 0. The van der Waals surface area contributed by atoms with Crippen molar-refractivity contribution in [2.24, 2.45) is 0 Å². The monoisotopic (exact) mass is 823 g/mol. The van der Waals surface area contributed by atoms with Gasteiger partial charge in [-0.2, -0.15) is 0 Å². The maximum absolute atomic E-state index is 2.50. The van der Waals surface area contributed by atoms with Gasteiger partial charge in [-0.3, -0.25) is 0 Å². The minimum Gasteiger partial charge on any atom is -0.310 e. The van der Waals surface area contributed by atoms with Crippen molar-refractivity contribution in [3.8, 4) is 66.8 Å². The Hall–Kier alpha value is -8.52. The van der Waals surface area contributed by atoms with E-state index in [2.05, 4.69) is 254 Å². The average molecular weight is 824 g/mol. The summed E-state index contributed by atoms with van der Waals surface area (Å²) in [4.78, 5) is 2.41. The van der Waals surface area contributed by atoms with Gasteiger partial charge in [-0.25, -0.2) is 0 Å². The molecule has 12 aromatic rings. The molecule has 12 aromatic carbocycles. The molecule has 65 heavy (non-hydrogen) atoms. The summed E-state index contributed by atoms with van der Waals surface area (Å²) in [5, 5.41) is 10.0. The summed E-state index contributed by atoms with van der Waals surface area (Å²) in [6, 6.07) is 91.5. The lowest BCUT2D eigenvalue weighted by Gasteiger charge is -2.27. The second-order valence-corrected chi connectivity index (χ2v) is 17.1. The Morgan fingerprint density at radius 1 is 0.215 bits per heavy atom. The first-order chi connectivity index (χ1) is 32.3. The number of para-hydroxylation sites is 2. The largest absolute Gasteiger partial charge is 0.310 e. The molecule has 1 aliphatic rings. The molecule has 0 unspecified atom stereocenters. The van der Waals surface area contributed by atoms with E-state index in [0.29, 0.717) is 0 Å². The molecule has 0 saturated carbocycles. The highest BCUT2D eigenvalue weighted by Crippen LogP contribution is 2.59. The number of benzene rings is 12. The summed E-state index contributed by atoms with van der Waals surface area (Å²) < 4.78 is 0. The summed E-state index contributed by atoms with van der Waals surface area (Å²) in [5.41, 5.74) is 18.4. The van der Waals surface area contributed by atoms with Crippen LogP contribution in [0.1, 0.15) is 0 Å². The molecular formula is C64H41N. The van der Waals surface area contributed by atoms with Crippen LogP contribution in [0.25, 0.3) is 110 Å². The van der Waals surface area contributed by atoms with Gasteiger partial charge in [0.1, 0.15) is 0 Å². The molecule has 0 heterocycles. The molecule has 0 atom stereocenters. The summed E-state index contributed by atoms with van der Waals surface area (Å²) in [7, 11) is 0. The van der Waals surface area contributed by atoms with E-state index in [1.54, 1.807) is 0 Å². The highest BCUT2D eigenvalue weighted by atomic mass is 15.1. The van der Waals surface area contributed by atoms with E-state index in [4.69, 9.17) is 0 Å². The highest BCUT2D eigenvalue weighted by Gasteiger charge is 2.32. The van der Waals surface area contributed by atoms with E-state index in [9.17, 15) is 0 Å². The maximum Gasteiger partial charge on any atom is 0.0540 e. The average Bonchev–Trinajstić information content (AvgIpc) is 3.71. The van der Waals surface area contributed by atoms with Gasteiger partial charge >= 0.3 is 0 Å². The van der Waals surface area contributed by atoms with Crippen molar-refractivity contribution >= 4 is 60.2 Å². The molecule has 1 aliphatic carbocycles. The summed E-state index contributed by atoms with van der Waals surface area (Å²) in [6.45, 7) is 0. The van der Waals surface area contributed by atoms with Crippen molar-refractivity contribution in [3.63, 3.8) is 0 Å². The predicted octanol–water partition coefficient (Wildman–Crippen LogP) is 18.1. The van der Waals surface area contributed by atoms with Gasteiger partial charge in [0.2, 0.25) is 0 Å². The van der Waals surface area contributed by atoms with Gasteiger partial charge in [-0.15, -0.1) is 0 Å². The Morgan fingerprint density at radius 2 is 0.600 bits per heavy atom.